The molecule has 0 unspecified atom stereocenters. The van der Waals surface area contributed by atoms with Crippen molar-refractivity contribution in [2.24, 2.45) is 0 Å². The first-order valence-electron chi connectivity index (χ1n) is 3.96. The van der Waals surface area contributed by atoms with Crippen LogP contribution in [0.4, 0.5) is 0 Å². The Morgan fingerprint density at radius 2 is 2.08 bits per heavy atom. The zero-order chi connectivity index (χ0) is 10.1. The molecule has 0 aromatic rings. The van der Waals surface area contributed by atoms with Crippen LogP contribution in [0.2, 0.25) is 0 Å². The Hall–Kier alpha value is -0.700. The summed E-state index contributed by atoms with van der Waals surface area (Å²) in [6.07, 6.45) is 6.78. The summed E-state index contributed by atoms with van der Waals surface area (Å²) in [5.74, 6) is 1.18. The Morgan fingerprint density at radius 1 is 1.38 bits per heavy atom. The number of rotatable bonds is 6. The number of hydrogen-bond donors (Lipinski definition) is 0. The van der Waals surface area contributed by atoms with Crippen LogP contribution in [-0.2, 0) is 9.47 Å². The van der Waals surface area contributed by atoms with E-state index >= 15 is 0 Å². The fraction of sp³-hybridized carbons (Fsp3) is 0.400. The van der Waals surface area contributed by atoms with Crippen molar-refractivity contribution in [3.05, 3.63) is 36.3 Å². The van der Waals surface area contributed by atoms with E-state index in [4.69, 9.17) is 9.47 Å². The number of hydrogen-bond acceptors (Lipinski definition) is 2. The van der Waals surface area contributed by atoms with E-state index in [0.29, 0.717) is 11.5 Å². The van der Waals surface area contributed by atoms with Gasteiger partial charge in [-0.15, -0.1) is 0 Å². The van der Waals surface area contributed by atoms with Crippen LogP contribution in [0.15, 0.2) is 36.3 Å². The molecule has 0 aliphatic carbocycles. The van der Waals surface area contributed by atoms with Gasteiger partial charge in [-0.25, -0.2) is 0 Å². The lowest BCUT2D eigenvalue weighted by atomic mass is 10.3. The first kappa shape index (κ1) is 12.3. The minimum atomic E-state index is 0.533. The predicted octanol–water partition coefficient (Wildman–Crippen LogP) is 3.02. The van der Waals surface area contributed by atoms with E-state index in [2.05, 4.69) is 22.5 Å². The Morgan fingerprint density at radius 3 is 2.54 bits per heavy atom. The molecule has 0 radical (unpaired) electrons. The number of methoxy groups -OCH3 is 2. The number of halogens is 1. The van der Waals surface area contributed by atoms with Gasteiger partial charge in [-0.3, -0.25) is 0 Å². The fourth-order valence-corrected chi connectivity index (χ4v) is 0.954. The van der Waals surface area contributed by atoms with Crippen molar-refractivity contribution in [3.63, 3.8) is 0 Å². The van der Waals surface area contributed by atoms with Crippen LogP contribution in [-0.4, -0.2) is 19.5 Å². The van der Waals surface area contributed by atoms with Crippen molar-refractivity contribution < 1.29 is 9.47 Å². The van der Waals surface area contributed by atoms with Gasteiger partial charge in [0, 0.05) is 5.33 Å². The van der Waals surface area contributed by atoms with Gasteiger partial charge in [0.25, 0.3) is 0 Å². The highest BCUT2D eigenvalue weighted by atomic mass is 79.9. The van der Waals surface area contributed by atoms with Crippen LogP contribution in [0.5, 0.6) is 0 Å². The van der Waals surface area contributed by atoms with Crippen molar-refractivity contribution in [1.82, 2.24) is 0 Å². The zero-order valence-electron chi connectivity index (χ0n) is 8.05. The second-order valence-corrected chi connectivity index (χ2v) is 3.06. The first-order valence-corrected chi connectivity index (χ1v) is 5.08. The summed E-state index contributed by atoms with van der Waals surface area (Å²) in [4.78, 5) is 0. The predicted molar refractivity (Wildman–Crippen MR) is 58.8 cm³/mol. The van der Waals surface area contributed by atoms with Gasteiger partial charge in [0.15, 0.2) is 11.5 Å². The highest BCUT2D eigenvalue weighted by molar-refractivity contribution is 9.09. The van der Waals surface area contributed by atoms with E-state index < -0.39 is 0 Å². The lowest BCUT2D eigenvalue weighted by molar-refractivity contribution is 0.221. The van der Waals surface area contributed by atoms with E-state index in [1.54, 1.807) is 14.2 Å². The number of alkyl halides is 1. The molecule has 0 saturated carbocycles. The Bertz CT molecular complexity index is 207. The van der Waals surface area contributed by atoms with Gasteiger partial charge >= 0.3 is 0 Å². The third-order valence-corrected chi connectivity index (χ3v) is 1.86. The maximum Gasteiger partial charge on any atom is 0.160 e. The van der Waals surface area contributed by atoms with Crippen molar-refractivity contribution >= 4 is 15.9 Å². The molecule has 0 N–H and O–H groups in total. The molecule has 0 atom stereocenters. The van der Waals surface area contributed by atoms with Crippen LogP contribution in [0, 0.1) is 0 Å². The summed E-state index contributed by atoms with van der Waals surface area (Å²) in [5, 5.41) is 0.963. The van der Waals surface area contributed by atoms with Crippen LogP contribution in [0.3, 0.4) is 0 Å². The molecule has 0 bridgehead atoms. The van der Waals surface area contributed by atoms with Crippen molar-refractivity contribution in [1.29, 1.82) is 0 Å². The number of ether oxygens (including phenoxy) is 2. The quantitative estimate of drug-likeness (QED) is 0.408. The molecule has 3 heteroatoms. The smallest absolute Gasteiger partial charge is 0.160 e. The van der Waals surface area contributed by atoms with E-state index in [1.807, 2.05) is 18.2 Å². The topological polar surface area (TPSA) is 18.5 Å². The molecule has 0 amide bonds. The molecular weight excluding hydrogens is 232 g/mol. The third-order valence-electron chi connectivity index (χ3n) is 1.40. The number of allylic oxidation sites excluding steroid dienone is 3. The van der Waals surface area contributed by atoms with Gasteiger partial charge < -0.3 is 9.47 Å². The van der Waals surface area contributed by atoms with E-state index in [9.17, 15) is 0 Å². The highest BCUT2D eigenvalue weighted by Crippen LogP contribution is 2.08. The normalized spacial score (nSPS) is 11.8. The summed E-state index contributed by atoms with van der Waals surface area (Å²) < 4.78 is 9.99. The van der Waals surface area contributed by atoms with E-state index in [-0.39, 0.29) is 0 Å². The lowest BCUT2D eigenvalue weighted by Gasteiger charge is -2.06. The van der Waals surface area contributed by atoms with Crippen LogP contribution in [0.25, 0.3) is 0 Å². The molecule has 13 heavy (non-hydrogen) atoms. The molecule has 0 heterocycles. The van der Waals surface area contributed by atoms with Crippen LogP contribution >= 0.6 is 15.9 Å². The average molecular weight is 247 g/mol. The highest BCUT2D eigenvalue weighted by Gasteiger charge is 1.98. The second kappa shape index (κ2) is 7.92. The molecule has 0 aromatic heterocycles. The molecular formula is C10H15BrO2. The van der Waals surface area contributed by atoms with Gasteiger partial charge in [-0.2, -0.15) is 0 Å². The summed E-state index contributed by atoms with van der Waals surface area (Å²) >= 11 is 3.33. The average Bonchev–Trinajstić information content (AvgIpc) is 2.17. The van der Waals surface area contributed by atoms with E-state index in [0.717, 1.165) is 11.8 Å². The SMILES string of the molecule is C=C(OC)/C(=C\C=C/CCBr)OC. The summed E-state index contributed by atoms with van der Waals surface area (Å²) in [5.41, 5.74) is 0. The van der Waals surface area contributed by atoms with Gasteiger partial charge in [0.05, 0.1) is 14.2 Å². The molecule has 0 aliphatic heterocycles. The molecule has 0 aromatic carbocycles. The van der Waals surface area contributed by atoms with Gasteiger partial charge in [-0.05, 0) is 12.5 Å². The summed E-state index contributed by atoms with van der Waals surface area (Å²) in [6, 6.07) is 0. The third kappa shape index (κ3) is 5.53. The summed E-state index contributed by atoms with van der Waals surface area (Å²) in [7, 11) is 3.16. The van der Waals surface area contributed by atoms with E-state index in [1.165, 1.54) is 0 Å². The molecule has 2 nitrogen and oxygen atoms in total. The molecule has 0 aliphatic rings. The minimum Gasteiger partial charge on any atom is -0.494 e. The van der Waals surface area contributed by atoms with Gasteiger partial charge in [0.2, 0.25) is 0 Å². The zero-order valence-corrected chi connectivity index (χ0v) is 9.63. The van der Waals surface area contributed by atoms with Crippen molar-refractivity contribution in [3.8, 4) is 0 Å². The van der Waals surface area contributed by atoms with Gasteiger partial charge in [0.1, 0.15) is 0 Å². The van der Waals surface area contributed by atoms with Gasteiger partial charge in [-0.1, -0.05) is 34.7 Å². The Balaban J connectivity index is 4.14. The standard InChI is InChI=1S/C10H15BrO2/c1-9(12-2)10(13-3)7-5-4-6-8-11/h4-5,7H,1,6,8H2,2-3H3/b5-4-,10-7+. The molecule has 74 valence electrons. The van der Waals surface area contributed by atoms with Crippen molar-refractivity contribution in [2.45, 2.75) is 6.42 Å². The monoisotopic (exact) mass is 246 g/mol. The van der Waals surface area contributed by atoms with Crippen LogP contribution < -0.4 is 0 Å². The maximum absolute atomic E-state index is 5.06. The molecule has 0 fully saturated rings. The maximum atomic E-state index is 5.06. The molecule has 0 spiro atoms. The Kier molecular flexibility index (Phi) is 7.50. The molecule has 0 saturated heterocycles. The fourth-order valence-electron chi connectivity index (χ4n) is 0.690. The minimum absolute atomic E-state index is 0.533. The lowest BCUT2D eigenvalue weighted by Crippen LogP contribution is -1.92. The second-order valence-electron chi connectivity index (χ2n) is 2.27. The first-order chi connectivity index (χ1) is 6.26. The van der Waals surface area contributed by atoms with Crippen LogP contribution in [0.1, 0.15) is 6.42 Å². The summed E-state index contributed by atoms with van der Waals surface area (Å²) in [6.45, 7) is 3.68. The van der Waals surface area contributed by atoms with Crippen molar-refractivity contribution in [2.75, 3.05) is 19.5 Å². The largest absolute Gasteiger partial charge is 0.494 e. The molecule has 0 rings (SSSR count). The Labute approximate surface area is 88.0 Å².